The Morgan fingerprint density at radius 3 is 1.63 bits per heavy atom. The first-order chi connectivity index (χ1) is 13.1. The monoisotopic (exact) mass is 393 g/mol. The minimum Gasteiger partial charge on any atom is -0.205 e. The third-order valence-corrected chi connectivity index (χ3v) is 6.15. The second-order valence-corrected chi connectivity index (χ2v) is 9.31. The van der Waals surface area contributed by atoms with Crippen LogP contribution in [0.1, 0.15) is 102 Å². The van der Waals surface area contributed by atoms with Gasteiger partial charge in [-0.1, -0.05) is 121 Å². The van der Waals surface area contributed by atoms with Crippen LogP contribution in [0, 0.1) is 0 Å². The molecule has 0 saturated carbocycles. The Hall–Kier alpha value is -1.16. The molecule has 0 spiro atoms. The number of benzene rings is 1. The minimum absolute atomic E-state index is 0.161. The van der Waals surface area contributed by atoms with E-state index in [4.69, 9.17) is 0 Å². The van der Waals surface area contributed by atoms with E-state index in [1.54, 1.807) is 0 Å². The third kappa shape index (κ3) is 14.6. The minimum atomic E-state index is -3.33. The summed E-state index contributed by atoms with van der Waals surface area (Å²) in [7, 11) is -3.33. The van der Waals surface area contributed by atoms with Crippen LogP contribution in [-0.2, 0) is 10.0 Å². The number of rotatable bonds is 17. The van der Waals surface area contributed by atoms with E-state index in [0.29, 0.717) is 6.42 Å². The number of hydrogen-bond acceptors (Lipinski definition) is 2. The normalized spacial score (nSPS) is 12.0. The summed E-state index contributed by atoms with van der Waals surface area (Å²) in [6, 6.07) is 9.36. The van der Waals surface area contributed by atoms with Crippen LogP contribution in [0.2, 0.25) is 0 Å². The molecule has 1 aromatic rings. The third-order valence-electron chi connectivity index (χ3n) is 4.92. The van der Waals surface area contributed by atoms with Crippen LogP contribution in [0.15, 0.2) is 34.7 Å². The molecule has 0 unspecified atom stereocenters. The van der Waals surface area contributed by atoms with Crippen molar-refractivity contribution in [1.82, 2.24) is 0 Å². The van der Waals surface area contributed by atoms with Gasteiger partial charge < -0.3 is 0 Å². The molecule has 4 heteroatoms. The number of sulfonamides is 1. The fourth-order valence-corrected chi connectivity index (χ4v) is 4.17. The van der Waals surface area contributed by atoms with E-state index >= 15 is 0 Å². The fraction of sp³-hybridized carbons (Fsp3) is 0.696. The lowest BCUT2D eigenvalue weighted by molar-refractivity contribution is 0.537. The zero-order chi connectivity index (χ0) is 19.6. The van der Waals surface area contributed by atoms with Gasteiger partial charge in [0.1, 0.15) is 0 Å². The standard InChI is InChI=1S/C23H39NO2S/c1-2-3-4-5-6-7-8-9-10-11-12-13-14-18-21-27(25,26)24-22-23-19-16-15-17-20-23/h15-17,19-20,22H,2-14,18,21H2,1H3/b24-22+. The highest BCUT2D eigenvalue weighted by molar-refractivity contribution is 7.90. The highest BCUT2D eigenvalue weighted by Gasteiger charge is 2.06. The van der Waals surface area contributed by atoms with Gasteiger partial charge in [0.15, 0.2) is 0 Å². The van der Waals surface area contributed by atoms with Gasteiger partial charge in [0.05, 0.1) is 5.75 Å². The molecule has 27 heavy (non-hydrogen) atoms. The summed E-state index contributed by atoms with van der Waals surface area (Å²) < 4.78 is 27.6. The summed E-state index contributed by atoms with van der Waals surface area (Å²) in [4.78, 5) is 0. The van der Waals surface area contributed by atoms with Gasteiger partial charge in [-0.15, -0.1) is 0 Å². The quantitative estimate of drug-likeness (QED) is 0.213. The lowest BCUT2D eigenvalue weighted by Crippen LogP contribution is -2.03. The van der Waals surface area contributed by atoms with Crippen LogP contribution in [0.4, 0.5) is 0 Å². The summed E-state index contributed by atoms with van der Waals surface area (Å²) in [5.74, 6) is 0.161. The molecule has 0 fully saturated rings. The lowest BCUT2D eigenvalue weighted by atomic mass is 10.0. The molecule has 0 aromatic heterocycles. The Morgan fingerprint density at radius 2 is 1.15 bits per heavy atom. The average Bonchev–Trinajstić information content (AvgIpc) is 2.67. The number of nitrogens with zero attached hydrogens (tertiary/aromatic N) is 1. The zero-order valence-electron chi connectivity index (χ0n) is 17.2. The van der Waals surface area contributed by atoms with E-state index in [-0.39, 0.29) is 5.75 Å². The van der Waals surface area contributed by atoms with Gasteiger partial charge in [-0.2, -0.15) is 4.40 Å². The van der Waals surface area contributed by atoms with Gasteiger partial charge in [-0.3, -0.25) is 0 Å². The highest BCUT2D eigenvalue weighted by Crippen LogP contribution is 2.13. The van der Waals surface area contributed by atoms with Crippen molar-refractivity contribution in [1.29, 1.82) is 0 Å². The molecular weight excluding hydrogens is 354 g/mol. The fourth-order valence-electron chi connectivity index (χ4n) is 3.21. The highest BCUT2D eigenvalue weighted by atomic mass is 32.2. The molecule has 1 aromatic carbocycles. The maximum absolute atomic E-state index is 11.9. The van der Waals surface area contributed by atoms with Gasteiger partial charge in [0, 0.05) is 6.21 Å². The topological polar surface area (TPSA) is 46.5 Å². The molecule has 0 atom stereocenters. The summed E-state index contributed by atoms with van der Waals surface area (Å²) in [6.45, 7) is 2.26. The van der Waals surface area contributed by atoms with Gasteiger partial charge in [0.2, 0.25) is 0 Å². The zero-order valence-corrected chi connectivity index (χ0v) is 18.1. The molecule has 0 bridgehead atoms. The molecule has 0 aliphatic rings. The molecule has 1 rings (SSSR count). The first-order valence-electron chi connectivity index (χ1n) is 11.0. The van der Waals surface area contributed by atoms with Crippen molar-refractivity contribution < 1.29 is 8.42 Å². The van der Waals surface area contributed by atoms with E-state index in [0.717, 1.165) is 18.4 Å². The van der Waals surface area contributed by atoms with Crippen LogP contribution >= 0.6 is 0 Å². The van der Waals surface area contributed by atoms with Crippen LogP contribution in [-0.4, -0.2) is 20.4 Å². The van der Waals surface area contributed by atoms with E-state index in [2.05, 4.69) is 11.3 Å². The Balaban J connectivity index is 1.93. The SMILES string of the molecule is CCCCCCCCCCCCCCCCS(=O)(=O)/N=C/c1ccccc1. The van der Waals surface area contributed by atoms with E-state index in [9.17, 15) is 8.42 Å². The molecule has 0 radical (unpaired) electrons. The summed E-state index contributed by atoms with van der Waals surface area (Å²) in [6.07, 6.45) is 19.2. The molecule has 0 saturated heterocycles. The first kappa shape index (κ1) is 23.9. The van der Waals surface area contributed by atoms with Gasteiger partial charge in [-0.05, 0) is 12.0 Å². The van der Waals surface area contributed by atoms with Gasteiger partial charge >= 0.3 is 0 Å². The second kappa shape index (κ2) is 15.9. The molecule has 154 valence electrons. The van der Waals surface area contributed by atoms with Crippen molar-refractivity contribution in [3.8, 4) is 0 Å². The predicted octanol–water partition coefficient (Wildman–Crippen LogP) is 6.92. The Morgan fingerprint density at radius 1 is 0.704 bits per heavy atom. The Kier molecular flexibility index (Phi) is 14.0. The first-order valence-corrected chi connectivity index (χ1v) is 12.6. The predicted molar refractivity (Wildman–Crippen MR) is 118 cm³/mol. The van der Waals surface area contributed by atoms with Crippen molar-refractivity contribution in [3.05, 3.63) is 35.9 Å². The molecule has 0 aliphatic carbocycles. The maximum atomic E-state index is 11.9. The van der Waals surface area contributed by atoms with E-state index < -0.39 is 10.0 Å². The summed E-state index contributed by atoms with van der Waals surface area (Å²) >= 11 is 0. The van der Waals surface area contributed by atoms with E-state index in [1.807, 2.05) is 30.3 Å². The Labute approximate surface area is 167 Å². The largest absolute Gasteiger partial charge is 0.253 e. The van der Waals surface area contributed by atoms with Crippen LogP contribution < -0.4 is 0 Å². The second-order valence-electron chi connectivity index (χ2n) is 7.53. The number of unbranched alkanes of at least 4 members (excludes halogenated alkanes) is 13. The summed E-state index contributed by atoms with van der Waals surface area (Å²) in [5, 5.41) is 0. The van der Waals surface area contributed by atoms with Crippen molar-refractivity contribution in [2.45, 2.75) is 96.8 Å². The summed E-state index contributed by atoms with van der Waals surface area (Å²) in [5.41, 5.74) is 0.821. The average molecular weight is 394 g/mol. The number of hydrogen-bond donors (Lipinski definition) is 0. The lowest BCUT2D eigenvalue weighted by Gasteiger charge is -2.03. The molecule has 0 N–H and O–H groups in total. The Bertz CT molecular complexity index is 582. The molecule has 0 aliphatic heterocycles. The van der Waals surface area contributed by atoms with E-state index in [1.165, 1.54) is 76.8 Å². The van der Waals surface area contributed by atoms with Crippen LogP contribution in [0.5, 0.6) is 0 Å². The van der Waals surface area contributed by atoms with Crippen LogP contribution in [0.3, 0.4) is 0 Å². The van der Waals surface area contributed by atoms with Crippen molar-refractivity contribution in [2.75, 3.05) is 5.75 Å². The van der Waals surface area contributed by atoms with Gasteiger partial charge in [0.25, 0.3) is 10.0 Å². The van der Waals surface area contributed by atoms with Crippen LogP contribution in [0.25, 0.3) is 0 Å². The maximum Gasteiger partial charge on any atom is 0.253 e. The molecule has 3 nitrogen and oxygen atoms in total. The van der Waals surface area contributed by atoms with Crippen molar-refractivity contribution in [3.63, 3.8) is 0 Å². The smallest absolute Gasteiger partial charge is 0.205 e. The van der Waals surface area contributed by atoms with Crippen molar-refractivity contribution in [2.24, 2.45) is 4.40 Å². The van der Waals surface area contributed by atoms with Gasteiger partial charge in [-0.25, -0.2) is 8.42 Å². The molecule has 0 amide bonds. The molecule has 0 heterocycles. The van der Waals surface area contributed by atoms with Crippen molar-refractivity contribution >= 4 is 16.2 Å². The molecular formula is C23H39NO2S.